The third-order valence-electron chi connectivity index (χ3n) is 6.13. The van der Waals surface area contributed by atoms with Gasteiger partial charge in [-0.15, -0.1) is 0 Å². The highest BCUT2D eigenvalue weighted by molar-refractivity contribution is 9.10. The van der Waals surface area contributed by atoms with Crippen molar-refractivity contribution in [1.82, 2.24) is 9.80 Å². The van der Waals surface area contributed by atoms with Crippen LogP contribution in [0.2, 0.25) is 0 Å². The zero-order valence-corrected chi connectivity index (χ0v) is 26.1. The van der Waals surface area contributed by atoms with E-state index in [0.717, 1.165) is 34.6 Å². The Morgan fingerprint density at radius 3 is 1.84 bits per heavy atom. The predicted octanol–water partition coefficient (Wildman–Crippen LogP) is 6.11. The van der Waals surface area contributed by atoms with Gasteiger partial charge >= 0.3 is 0 Å². The van der Waals surface area contributed by atoms with E-state index in [1.165, 1.54) is 0 Å². The molecule has 0 amide bonds. The van der Waals surface area contributed by atoms with Crippen LogP contribution in [0.3, 0.4) is 0 Å². The minimum Gasteiger partial charge on any atom is -0.497 e. The van der Waals surface area contributed by atoms with Gasteiger partial charge in [0.1, 0.15) is 17.3 Å². The summed E-state index contributed by atoms with van der Waals surface area (Å²) in [5.41, 5.74) is 0.123. The van der Waals surface area contributed by atoms with Gasteiger partial charge < -0.3 is 24.4 Å². The SMILES string of the molecule is CCC(=O)[C@@H](C)CN(C)C.CC[C@](O)(c1cccc(OC)c1)[C@@H](C)CN(C)C.COc1cccc(Br)c1. The van der Waals surface area contributed by atoms with Gasteiger partial charge in [0, 0.05) is 35.8 Å². The van der Waals surface area contributed by atoms with E-state index in [9.17, 15) is 9.90 Å². The Morgan fingerprint density at radius 2 is 1.43 bits per heavy atom. The Bertz CT molecular complexity index is 907. The van der Waals surface area contributed by atoms with E-state index in [-0.39, 0.29) is 11.8 Å². The molecule has 0 unspecified atom stereocenters. The second-order valence-electron chi connectivity index (χ2n) is 9.82. The van der Waals surface area contributed by atoms with Gasteiger partial charge in [-0.3, -0.25) is 4.79 Å². The minimum absolute atomic E-state index is 0.157. The normalized spacial score (nSPS) is 13.9. The van der Waals surface area contributed by atoms with Gasteiger partial charge in [-0.25, -0.2) is 0 Å². The van der Waals surface area contributed by atoms with Gasteiger partial charge in [0.05, 0.1) is 19.8 Å². The summed E-state index contributed by atoms with van der Waals surface area (Å²) in [7, 11) is 11.3. The van der Waals surface area contributed by atoms with E-state index in [4.69, 9.17) is 9.47 Å². The molecule has 0 aliphatic carbocycles. The molecule has 7 heteroatoms. The molecule has 0 aliphatic rings. The number of carbonyl (C=O) groups excluding carboxylic acids is 1. The zero-order valence-electron chi connectivity index (χ0n) is 24.5. The number of carbonyl (C=O) groups is 1. The number of Topliss-reactive ketones (excluding diaryl/α,β-unsaturated/α-hetero) is 1. The van der Waals surface area contributed by atoms with E-state index in [1.54, 1.807) is 14.2 Å². The van der Waals surface area contributed by atoms with Crippen molar-refractivity contribution in [3.8, 4) is 11.5 Å². The number of hydrogen-bond donors (Lipinski definition) is 1. The van der Waals surface area contributed by atoms with Crippen LogP contribution in [-0.2, 0) is 10.4 Å². The van der Waals surface area contributed by atoms with Gasteiger partial charge in [0.15, 0.2) is 0 Å². The fourth-order valence-electron chi connectivity index (χ4n) is 4.02. The maximum atomic E-state index is 11.0. The van der Waals surface area contributed by atoms with Crippen LogP contribution >= 0.6 is 15.9 Å². The quantitative estimate of drug-likeness (QED) is 0.346. The molecule has 1 N–H and O–H groups in total. The molecule has 37 heavy (non-hydrogen) atoms. The lowest BCUT2D eigenvalue weighted by molar-refractivity contribution is -0.122. The van der Waals surface area contributed by atoms with Crippen LogP contribution < -0.4 is 9.47 Å². The second-order valence-corrected chi connectivity index (χ2v) is 10.7. The maximum Gasteiger partial charge on any atom is 0.136 e. The van der Waals surface area contributed by atoms with Crippen LogP contribution in [0, 0.1) is 11.8 Å². The number of benzene rings is 2. The van der Waals surface area contributed by atoms with Crippen LogP contribution in [0.1, 0.15) is 46.1 Å². The van der Waals surface area contributed by atoms with Gasteiger partial charge in [-0.05, 0) is 70.5 Å². The topological polar surface area (TPSA) is 62.2 Å². The number of hydrogen-bond acceptors (Lipinski definition) is 6. The molecule has 2 aromatic carbocycles. The number of aliphatic hydroxyl groups is 1. The molecule has 6 nitrogen and oxygen atoms in total. The lowest BCUT2D eigenvalue weighted by atomic mass is 9.80. The molecule has 210 valence electrons. The van der Waals surface area contributed by atoms with Crippen molar-refractivity contribution in [3.05, 3.63) is 58.6 Å². The third-order valence-corrected chi connectivity index (χ3v) is 6.63. The van der Waals surface area contributed by atoms with Crippen LogP contribution in [0.5, 0.6) is 11.5 Å². The van der Waals surface area contributed by atoms with Gasteiger partial charge in [0.25, 0.3) is 0 Å². The van der Waals surface area contributed by atoms with Crippen molar-refractivity contribution in [2.24, 2.45) is 11.8 Å². The van der Waals surface area contributed by atoms with E-state index in [1.807, 2.05) is 102 Å². The van der Waals surface area contributed by atoms with Crippen molar-refractivity contribution in [2.75, 3.05) is 55.5 Å². The number of nitrogens with zero attached hydrogens (tertiary/aromatic N) is 2. The predicted molar refractivity (Wildman–Crippen MR) is 159 cm³/mol. The highest BCUT2D eigenvalue weighted by Crippen LogP contribution is 2.35. The number of methoxy groups -OCH3 is 2. The molecule has 0 aromatic heterocycles. The van der Waals surface area contributed by atoms with Gasteiger partial charge in [0.2, 0.25) is 0 Å². The van der Waals surface area contributed by atoms with E-state index in [0.29, 0.717) is 18.6 Å². The molecule has 0 bridgehead atoms. The molecule has 0 spiro atoms. The summed E-state index contributed by atoms with van der Waals surface area (Å²) in [6.45, 7) is 9.71. The monoisotopic (exact) mass is 580 g/mol. The highest BCUT2D eigenvalue weighted by atomic mass is 79.9. The smallest absolute Gasteiger partial charge is 0.136 e. The Morgan fingerprint density at radius 1 is 0.919 bits per heavy atom. The molecule has 0 saturated heterocycles. The molecule has 2 rings (SSSR count). The Hall–Kier alpha value is -1.93. The molecule has 0 radical (unpaired) electrons. The zero-order chi connectivity index (χ0) is 28.6. The Kier molecular flexibility index (Phi) is 17.4. The van der Waals surface area contributed by atoms with Crippen LogP contribution in [0.4, 0.5) is 0 Å². The van der Waals surface area contributed by atoms with Crippen molar-refractivity contribution in [3.63, 3.8) is 0 Å². The van der Waals surface area contributed by atoms with Crippen LogP contribution in [0.25, 0.3) is 0 Å². The first-order chi connectivity index (χ1) is 17.3. The summed E-state index contributed by atoms with van der Waals surface area (Å²) in [6.07, 6.45) is 1.35. The summed E-state index contributed by atoms with van der Waals surface area (Å²) in [6, 6.07) is 15.4. The fourth-order valence-corrected chi connectivity index (χ4v) is 4.40. The first kappa shape index (κ1) is 35.1. The molecule has 2 aromatic rings. The Balaban J connectivity index is 0.000000577. The van der Waals surface area contributed by atoms with Crippen molar-refractivity contribution in [1.29, 1.82) is 0 Å². The minimum atomic E-state index is -0.807. The van der Waals surface area contributed by atoms with E-state index < -0.39 is 5.60 Å². The molecule has 0 aliphatic heterocycles. The molecule has 0 fully saturated rings. The van der Waals surface area contributed by atoms with Crippen molar-refractivity contribution < 1.29 is 19.4 Å². The molecule has 0 saturated carbocycles. The fraction of sp³-hybridized carbons (Fsp3) is 0.567. The maximum absolute atomic E-state index is 11.0. The number of halogens is 1. The van der Waals surface area contributed by atoms with Crippen LogP contribution in [0.15, 0.2) is 53.0 Å². The summed E-state index contributed by atoms with van der Waals surface area (Å²) < 4.78 is 11.2. The first-order valence-corrected chi connectivity index (χ1v) is 13.6. The number of ether oxygens (including phenoxy) is 2. The summed E-state index contributed by atoms with van der Waals surface area (Å²) >= 11 is 3.32. The van der Waals surface area contributed by atoms with Gasteiger partial charge in [-0.2, -0.15) is 0 Å². The summed E-state index contributed by atoms with van der Waals surface area (Å²) in [5.74, 6) is 2.37. The lowest BCUT2D eigenvalue weighted by Gasteiger charge is -2.35. The lowest BCUT2D eigenvalue weighted by Crippen LogP contribution is -2.38. The molecule has 3 atom stereocenters. The highest BCUT2D eigenvalue weighted by Gasteiger charge is 2.34. The standard InChI is InChI=1S/C15H25NO2.C8H17NO.C7H7BrO/c1-6-15(17,12(2)11-16(3)4)13-8-7-9-14(10-13)18-5;1-5-8(10)7(2)6-9(3)4;1-9-7-4-2-3-6(8)5-7/h7-10,12,17H,6,11H2,1-5H3;7H,5-6H2,1-4H3;2-5H,1H3/t12-,15+;7-;/m00./s1. The Labute approximate surface area is 234 Å². The van der Waals surface area contributed by atoms with E-state index >= 15 is 0 Å². The second kappa shape index (κ2) is 18.3. The van der Waals surface area contributed by atoms with Crippen LogP contribution in [-0.4, -0.2) is 76.2 Å². The average Bonchev–Trinajstić information content (AvgIpc) is 2.87. The number of rotatable bonds is 11. The van der Waals surface area contributed by atoms with Crippen molar-refractivity contribution >= 4 is 21.7 Å². The summed E-state index contributed by atoms with van der Waals surface area (Å²) in [4.78, 5) is 15.2. The first-order valence-electron chi connectivity index (χ1n) is 12.8. The molecular formula is C30H49BrN2O4. The van der Waals surface area contributed by atoms with Crippen molar-refractivity contribution in [2.45, 2.75) is 46.1 Å². The molecular weight excluding hydrogens is 532 g/mol. The third kappa shape index (κ3) is 13.4. The average molecular weight is 582 g/mol. The van der Waals surface area contributed by atoms with E-state index in [2.05, 4.69) is 27.8 Å². The van der Waals surface area contributed by atoms with Gasteiger partial charge in [-0.1, -0.05) is 61.8 Å². The number of ketones is 1. The summed E-state index contributed by atoms with van der Waals surface area (Å²) in [5, 5.41) is 10.9. The largest absolute Gasteiger partial charge is 0.497 e. The molecule has 0 heterocycles.